The van der Waals surface area contributed by atoms with E-state index in [1.165, 1.54) is 0 Å². The zero-order chi connectivity index (χ0) is 14.5. The molecule has 0 amide bonds. The number of allylic oxidation sites excluding steroid dienone is 2. The first-order valence-corrected chi connectivity index (χ1v) is 7.05. The van der Waals surface area contributed by atoms with Crippen molar-refractivity contribution in [2.45, 2.75) is 13.5 Å². The quantitative estimate of drug-likeness (QED) is 0.668. The number of benzene rings is 2. The monoisotopic (exact) mass is 275 g/mol. The molecule has 1 heterocycles. The van der Waals surface area contributed by atoms with Crippen LogP contribution in [0.2, 0.25) is 0 Å². The van der Waals surface area contributed by atoms with E-state index < -0.39 is 0 Å². The number of nitrogens with zero attached hydrogens (tertiary/aromatic N) is 3. The molecule has 0 aliphatic carbocycles. The maximum atomic E-state index is 4.39. The van der Waals surface area contributed by atoms with Gasteiger partial charge in [-0.15, -0.1) is 5.10 Å². The average Bonchev–Trinajstić information content (AvgIpc) is 2.98. The van der Waals surface area contributed by atoms with E-state index in [9.17, 15) is 0 Å². The molecule has 1 aromatic heterocycles. The van der Waals surface area contributed by atoms with Crippen molar-refractivity contribution < 1.29 is 0 Å². The summed E-state index contributed by atoms with van der Waals surface area (Å²) in [7, 11) is 0. The topological polar surface area (TPSA) is 30.7 Å². The van der Waals surface area contributed by atoms with Crippen LogP contribution in [0, 0.1) is 0 Å². The summed E-state index contributed by atoms with van der Waals surface area (Å²) < 4.78 is 1.94. The highest BCUT2D eigenvalue weighted by atomic mass is 15.4. The van der Waals surface area contributed by atoms with E-state index in [0.29, 0.717) is 0 Å². The molecule has 0 bridgehead atoms. The zero-order valence-electron chi connectivity index (χ0n) is 12.0. The van der Waals surface area contributed by atoms with Crippen LogP contribution in [0.15, 0.2) is 72.8 Å². The van der Waals surface area contributed by atoms with Gasteiger partial charge in [-0.1, -0.05) is 78.0 Å². The molecule has 0 aliphatic rings. The molecular formula is C18H17N3. The second kappa shape index (κ2) is 6.18. The molecule has 3 rings (SSSR count). The lowest BCUT2D eigenvalue weighted by atomic mass is 10.0. The largest absolute Gasteiger partial charge is 0.240 e. The summed E-state index contributed by atoms with van der Waals surface area (Å²) in [6.45, 7) is 2.73. The van der Waals surface area contributed by atoms with E-state index in [0.717, 1.165) is 29.1 Å². The van der Waals surface area contributed by atoms with Crippen LogP contribution >= 0.6 is 0 Å². The Kier molecular flexibility index (Phi) is 3.92. The molecule has 0 spiro atoms. The van der Waals surface area contributed by atoms with Crippen LogP contribution in [0.3, 0.4) is 0 Å². The minimum atomic E-state index is 0.723. The van der Waals surface area contributed by atoms with E-state index in [4.69, 9.17) is 0 Å². The molecular weight excluding hydrogens is 258 g/mol. The summed E-state index contributed by atoms with van der Waals surface area (Å²) in [6.07, 6.45) is 4.11. The second-order valence-electron chi connectivity index (χ2n) is 4.77. The summed E-state index contributed by atoms with van der Waals surface area (Å²) in [5.41, 5.74) is 4.19. The van der Waals surface area contributed by atoms with E-state index in [1.807, 2.05) is 54.1 Å². The highest BCUT2D eigenvalue weighted by Crippen LogP contribution is 2.29. The Balaban J connectivity index is 2.15. The molecule has 21 heavy (non-hydrogen) atoms. The van der Waals surface area contributed by atoms with Gasteiger partial charge in [0.15, 0.2) is 0 Å². The Labute approximate surface area is 124 Å². The first kappa shape index (κ1) is 13.3. The average molecular weight is 275 g/mol. The summed E-state index contributed by atoms with van der Waals surface area (Å²) in [5.74, 6) is 0. The molecule has 0 saturated heterocycles. The Morgan fingerprint density at radius 1 is 0.905 bits per heavy atom. The van der Waals surface area contributed by atoms with Crippen molar-refractivity contribution in [1.29, 1.82) is 0 Å². The molecule has 0 radical (unpaired) electrons. The lowest BCUT2D eigenvalue weighted by molar-refractivity contribution is 0.667. The van der Waals surface area contributed by atoms with Crippen molar-refractivity contribution >= 4 is 0 Å². The Bertz CT molecular complexity index is 728. The molecule has 3 nitrogen and oxygen atoms in total. The summed E-state index contributed by atoms with van der Waals surface area (Å²) in [5, 5.41) is 8.72. The first-order valence-electron chi connectivity index (χ1n) is 7.05. The van der Waals surface area contributed by atoms with Crippen molar-refractivity contribution in [2.24, 2.45) is 0 Å². The van der Waals surface area contributed by atoms with E-state index in [1.54, 1.807) is 0 Å². The van der Waals surface area contributed by atoms with E-state index in [-0.39, 0.29) is 0 Å². The van der Waals surface area contributed by atoms with Crippen LogP contribution in [0.1, 0.15) is 6.92 Å². The second-order valence-corrected chi connectivity index (χ2v) is 4.77. The minimum absolute atomic E-state index is 0.723. The SMILES string of the molecule is C/C=C/Cn1nnc(-c2ccccc2)c1-c1ccccc1. The van der Waals surface area contributed by atoms with Crippen molar-refractivity contribution in [3.8, 4) is 22.5 Å². The van der Waals surface area contributed by atoms with Gasteiger partial charge >= 0.3 is 0 Å². The Morgan fingerprint density at radius 3 is 2.14 bits per heavy atom. The molecule has 104 valence electrons. The zero-order valence-corrected chi connectivity index (χ0v) is 12.0. The van der Waals surface area contributed by atoms with Crippen LogP contribution < -0.4 is 0 Å². The first-order chi connectivity index (χ1) is 10.4. The molecule has 0 unspecified atom stereocenters. The van der Waals surface area contributed by atoms with Crippen LogP contribution in [0.4, 0.5) is 0 Å². The van der Waals surface area contributed by atoms with Crippen molar-refractivity contribution in [1.82, 2.24) is 15.0 Å². The number of rotatable bonds is 4. The summed E-state index contributed by atoms with van der Waals surface area (Å²) >= 11 is 0. The molecule has 3 heteroatoms. The third-order valence-corrected chi connectivity index (χ3v) is 3.34. The van der Waals surface area contributed by atoms with Gasteiger partial charge in [-0.05, 0) is 6.92 Å². The predicted octanol–water partition coefficient (Wildman–Crippen LogP) is 4.19. The van der Waals surface area contributed by atoms with Crippen molar-refractivity contribution in [2.75, 3.05) is 0 Å². The molecule has 0 atom stereocenters. The van der Waals surface area contributed by atoms with Gasteiger partial charge in [0.1, 0.15) is 5.69 Å². The van der Waals surface area contributed by atoms with Gasteiger partial charge in [-0.3, -0.25) is 0 Å². The van der Waals surface area contributed by atoms with Gasteiger partial charge in [0.2, 0.25) is 0 Å². The summed E-state index contributed by atoms with van der Waals surface area (Å²) in [4.78, 5) is 0. The van der Waals surface area contributed by atoms with Gasteiger partial charge in [0, 0.05) is 11.1 Å². The highest BCUT2D eigenvalue weighted by Gasteiger charge is 2.15. The number of hydrogen-bond acceptors (Lipinski definition) is 2. The van der Waals surface area contributed by atoms with Crippen molar-refractivity contribution in [3.63, 3.8) is 0 Å². The van der Waals surface area contributed by atoms with Gasteiger partial charge in [-0.2, -0.15) is 0 Å². The third kappa shape index (κ3) is 2.77. The van der Waals surface area contributed by atoms with Gasteiger partial charge in [0.25, 0.3) is 0 Å². The molecule has 0 N–H and O–H groups in total. The molecule has 3 aromatic rings. The van der Waals surface area contributed by atoms with E-state index >= 15 is 0 Å². The Hall–Kier alpha value is -2.68. The fraction of sp³-hybridized carbons (Fsp3) is 0.111. The maximum absolute atomic E-state index is 4.39. The molecule has 2 aromatic carbocycles. The lowest BCUT2D eigenvalue weighted by Crippen LogP contribution is -2.00. The number of hydrogen-bond donors (Lipinski definition) is 0. The molecule has 0 saturated carbocycles. The van der Waals surface area contributed by atoms with E-state index in [2.05, 4.69) is 40.7 Å². The van der Waals surface area contributed by atoms with Crippen LogP contribution in [-0.4, -0.2) is 15.0 Å². The number of aromatic nitrogens is 3. The molecule has 0 fully saturated rings. The van der Waals surface area contributed by atoms with Gasteiger partial charge in [-0.25, -0.2) is 4.68 Å². The predicted molar refractivity (Wildman–Crippen MR) is 85.7 cm³/mol. The third-order valence-electron chi connectivity index (χ3n) is 3.34. The lowest BCUT2D eigenvalue weighted by Gasteiger charge is -2.06. The van der Waals surface area contributed by atoms with Crippen LogP contribution in [-0.2, 0) is 6.54 Å². The minimum Gasteiger partial charge on any atom is -0.240 e. The summed E-state index contributed by atoms with van der Waals surface area (Å²) in [6, 6.07) is 20.5. The standard InChI is InChI=1S/C18H17N3/c1-2-3-14-21-18(16-12-8-5-9-13-16)17(19-20-21)15-10-6-4-7-11-15/h2-13H,14H2,1H3/b3-2+. The van der Waals surface area contributed by atoms with Gasteiger partial charge in [0.05, 0.1) is 12.2 Å². The normalized spacial score (nSPS) is 11.1. The van der Waals surface area contributed by atoms with Gasteiger partial charge < -0.3 is 0 Å². The van der Waals surface area contributed by atoms with Crippen molar-refractivity contribution in [3.05, 3.63) is 72.8 Å². The van der Waals surface area contributed by atoms with Crippen LogP contribution in [0.25, 0.3) is 22.5 Å². The highest BCUT2D eigenvalue weighted by molar-refractivity contribution is 5.77. The fourth-order valence-electron chi connectivity index (χ4n) is 2.32. The smallest absolute Gasteiger partial charge is 0.121 e. The fourth-order valence-corrected chi connectivity index (χ4v) is 2.32. The van der Waals surface area contributed by atoms with Crippen LogP contribution in [0.5, 0.6) is 0 Å². The molecule has 0 aliphatic heterocycles. The maximum Gasteiger partial charge on any atom is 0.121 e. The Morgan fingerprint density at radius 2 is 1.52 bits per heavy atom.